The van der Waals surface area contributed by atoms with Crippen LogP contribution in [0.4, 0.5) is 0 Å². The smallest absolute Gasteiger partial charge is 0.214 e. The minimum atomic E-state index is 0.336. The van der Waals surface area contributed by atoms with Crippen molar-refractivity contribution in [1.82, 2.24) is 15.6 Å². The van der Waals surface area contributed by atoms with E-state index in [4.69, 9.17) is 9.15 Å². The van der Waals surface area contributed by atoms with Crippen molar-refractivity contribution in [2.75, 3.05) is 26.8 Å². The highest BCUT2D eigenvalue weighted by atomic mass is 16.5. The third-order valence-electron chi connectivity index (χ3n) is 4.98. The van der Waals surface area contributed by atoms with Gasteiger partial charge in [-0.1, -0.05) is 12.8 Å². The van der Waals surface area contributed by atoms with Crippen LogP contribution >= 0.6 is 0 Å². The molecule has 0 bridgehead atoms. The summed E-state index contributed by atoms with van der Waals surface area (Å²) in [6.45, 7) is 9.06. The molecule has 0 amide bonds. The number of guanidine groups is 1. The summed E-state index contributed by atoms with van der Waals surface area (Å²) in [5, 5.41) is 6.77. The summed E-state index contributed by atoms with van der Waals surface area (Å²) < 4.78 is 11.2. The summed E-state index contributed by atoms with van der Waals surface area (Å²) in [5.74, 6) is 2.36. The molecule has 1 fully saturated rings. The van der Waals surface area contributed by atoms with Gasteiger partial charge in [0.2, 0.25) is 5.89 Å². The first-order valence-corrected chi connectivity index (χ1v) is 9.04. The molecule has 2 rings (SSSR count). The predicted molar refractivity (Wildman–Crippen MR) is 96.2 cm³/mol. The fraction of sp³-hybridized carbons (Fsp3) is 0.778. The van der Waals surface area contributed by atoms with Crippen LogP contribution in [-0.2, 0) is 11.3 Å². The van der Waals surface area contributed by atoms with Crippen molar-refractivity contribution >= 4 is 5.96 Å². The van der Waals surface area contributed by atoms with Gasteiger partial charge >= 0.3 is 0 Å². The zero-order chi connectivity index (χ0) is 17.4. The van der Waals surface area contributed by atoms with E-state index in [0.717, 1.165) is 43.6 Å². The van der Waals surface area contributed by atoms with E-state index in [-0.39, 0.29) is 0 Å². The van der Waals surface area contributed by atoms with Gasteiger partial charge in [0.05, 0.1) is 12.2 Å². The molecule has 136 valence electrons. The van der Waals surface area contributed by atoms with Gasteiger partial charge in [-0.05, 0) is 45.4 Å². The Balaban J connectivity index is 1.82. The molecule has 0 aromatic carbocycles. The third-order valence-corrected chi connectivity index (χ3v) is 4.98. The maximum Gasteiger partial charge on any atom is 0.214 e. The summed E-state index contributed by atoms with van der Waals surface area (Å²) >= 11 is 0. The Hall–Kier alpha value is -1.56. The lowest BCUT2D eigenvalue weighted by atomic mass is 9.83. The second-order valence-corrected chi connectivity index (χ2v) is 6.68. The van der Waals surface area contributed by atoms with Gasteiger partial charge in [0.15, 0.2) is 5.96 Å². The first-order valence-electron chi connectivity index (χ1n) is 9.04. The van der Waals surface area contributed by atoms with Crippen molar-refractivity contribution in [2.45, 2.75) is 59.4 Å². The summed E-state index contributed by atoms with van der Waals surface area (Å²) in [7, 11) is 1.79. The molecule has 0 atom stereocenters. The van der Waals surface area contributed by atoms with Gasteiger partial charge in [-0.25, -0.2) is 4.98 Å². The fourth-order valence-electron chi connectivity index (χ4n) is 3.34. The average molecular weight is 336 g/mol. The summed E-state index contributed by atoms with van der Waals surface area (Å²) in [4.78, 5) is 8.70. The number of hydrogen-bond acceptors (Lipinski definition) is 4. The van der Waals surface area contributed by atoms with Crippen LogP contribution in [0.25, 0.3) is 0 Å². The zero-order valence-electron chi connectivity index (χ0n) is 15.6. The number of hydrogen-bond donors (Lipinski definition) is 2. The quantitative estimate of drug-likeness (QED) is 0.434. The standard InChI is InChI=1S/C18H32N4O2/c1-5-23-11-10-18(8-6-7-9-18)13-21-17(19-4)20-12-16-22-14(2)15(3)24-16/h5-13H2,1-4H3,(H2,19,20,21). The Morgan fingerprint density at radius 3 is 2.62 bits per heavy atom. The summed E-state index contributed by atoms with van der Waals surface area (Å²) in [6, 6.07) is 0. The van der Waals surface area contributed by atoms with Crippen molar-refractivity contribution in [3.8, 4) is 0 Å². The van der Waals surface area contributed by atoms with Crippen molar-refractivity contribution in [3.63, 3.8) is 0 Å². The van der Waals surface area contributed by atoms with Crippen LogP contribution in [0.2, 0.25) is 0 Å². The van der Waals surface area contributed by atoms with E-state index in [0.29, 0.717) is 17.9 Å². The van der Waals surface area contributed by atoms with Gasteiger partial charge in [-0.15, -0.1) is 0 Å². The lowest BCUT2D eigenvalue weighted by Gasteiger charge is -2.30. The lowest BCUT2D eigenvalue weighted by molar-refractivity contribution is 0.105. The van der Waals surface area contributed by atoms with E-state index >= 15 is 0 Å². The van der Waals surface area contributed by atoms with Crippen molar-refractivity contribution in [3.05, 3.63) is 17.3 Å². The molecule has 1 aliphatic rings. The van der Waals surface area contributed by atoms with Crippen LogP contribution in [0, 0.1) is 19.3 Å². The molecule has 0 saturated heterocycles. The van der Waals surface area contributed by atoms with Crippen LogP contribution in [0.5, 0.6) is 0 Å². The number of nitrogens with zero attached hydrogens (tertiary/aromatic N) is 2. The highest BCUT2D eigenvalue weighted by Gasteiger charge is 2.33. The Kier molecular flexibility index (Phi) is 7.09. The second kappa shape index (κ2) is 9.06. The molecule has 1 aromatic rings. The number of aryl methyl sites for hydroxylation is 2. The largest absolute Gasteiger partial charge is 0.444 e. The van der Waals surface area contributed by atoms with Gasteiger partial charge in [-0.2, -0.15) is 0 Å². The van der Waals surface area contributed by atoms with Crippen molar-refractivity contribution in [2.24, 2.45) is 10.4 Å². The lowest BCUT2D eigenvalue weighted by Crippen LogP contribution is -2.43. The molecule has 1 saturated carbocycles. The maximum absolute atomic E-state index is 5.60. The Morgan fingerprint density at radius 1 is 1.29 bits per heavy atom. The second-order valence-electron chi connectivity index (χ2n) is 6.68. The van der Waals surface area contributed by atoms with Gasteiger partial charge in [0, 0.05) is 26.8 Å². The minimum Gasteiger partial charge on any atom is -0.444 e. The monoisotopic (exact) mass is 336 g/mol. The van der Waals surface area contributed by atoms with Crippen LogP contribution in [0.15, 0.2) is 9.41 Å². The summed E-state index contributed by atoms with van der Waals surface area (Å²) in [6.07, 6.45) is 6.27. The molecular formula is C18H32N4O2. The molecule has 24 heavy (non-hydrogen) atoms. The normalized spacial score (nSPS) is 17.2. The number of oxazole rings is 1. The maximum atomic E-state index is 5.60. The summed E-state index contributed by atoms with van der Waals surface area (Å²) in [5.41, 5.74) is 1.28. The van der Waals surface area contributed by atoms with E-state index in [1.54, 1.807) is 7.05 Å². The minimum absolute atomic E-state index is 0.336. The van der Waals surface area contributed by atoms with Crippen LogP contribution in [0.3, 0.4) is 0 Å². The highest BCUT2D eigenvalue weighted by molar-refractivity contribution is 5.79. The van der Waals surface area contributed by atoms with E-state index < -0.39 is 0 Å². The van der Waals surface area contributed by atoms with Gasteiger partial charge in [-0.3, -0.25) is 4.99 Å². The molecule has 0 radical (unpaired) electrons. The molecule has 0 unspecified atom stereocenters. The molecule has 6 heteroatoms. The number of aromatic nitrogens is 1. The number of aliphatic imine (C=N–C) groups is 1. The average Bonchev–Trinajstić information content (AvgIpc) is 3.16. The van der Waals surface area contributed by atoms with Crippen LogP contribution < -0.4 is 10.6 Å². The SMILES string of the molecule is CCOCCC1(CNC(=NC)NCc2nc(C)c(C)o2)CCCC1. The molecule has 6 nitrogen and oxygen atoms in total. The first-order chi connectivity index (χ1) is 11.6. The van der Waals surface area contributed by atoms with Crippen LogP contribution in [0.1, 0.15) is 56.4 Å². The van der Waals surface area contributed by atoms with Crippen LogP contribution in [-0.4, -0.2) is 37.7 Å². The molecule has 0 spiro atoms. The Morgan fingerprint density at radius 2 is 2.04 bits per heavy atom. The van der Waals surface area contributed by atoms with Gasteiger partial charge in [0.1, 0.15) is 5.76 Å². The topological polar surface area (TPSA) is 71.7 Å². The van der Waals surface area contributed by atoms with Crippen molar-refractivity contribution < 1.29 is 9.15 Å². The van der Waals surface area contributed by atoms with E-state index in [1.165, 1.54) is 25.7 Å². The molecule has 1 aromatic heterocycles. The van der Waals surface area contributed by atoms with Gasteiger partial charge < -0.3 is 19.8 Å². The molecule has 1 heterocycles. The molecular weight excluding hydrogens is 304 g/mol. The first kappa shape index (κ1) is 18.8. The third kappa shape index (κ3) is 5.23. The zero-order valence-corrected chi connectivity index (χ0v) is 15.6. The van der Waals surface area contributed by atoms with E-state index in [2.05, 4.69) is 27.5 Å². The number of nitrogens with one attached hydrogen (secondary N) is 2. The Labute approximate surface area is 145 Å². The van der Waals surface area contributed by atoms with E-state index in [9.17, 15) is 0 Å². The molecule has 2 N–H and O–H groups in total. The highest BCUT2D eigenvalue weighted by Crippen LogP contribution is 2.40. The molecule has 0 aliphatic heterocycles. The van der Waals surface area contributed by atoms with Gasteiger partial charge in [0.25, 0.3) is 0 Å². The molecule has 1 aliphatic carbocycles. The Bertz CT molecular complexity index is 514. The van der Waals surface area contributed by atoms with Crippen molar-refractivity contribution in [1.29, 1.82) is 0 Å². The fourth-order valence-corrected chi connectivity index (χ4v) is 3.34. The number of rotatable bonds is 8. The predicted octanol–water partition coefficient (Wildman–Crippen LogP) is 2.94. The van der Waals surface area contributed by atoms with E-state index in [1.807, 2.05) is 13.8 Å². The number of ether oxygens (including phenoxy) is 1.